The molecule has 18 heavy (non-hydrogen) atoms. The molecule has 1 aliphatic heterocycles. The van der Waals surface area contributed by atoms with E-state index >= 15 is 0 Å². The van der Waals surface area contributed by atoms with Crippen LogP contribution < -0.4 is 5.32 Å². The maximum absolute atomic E-state index is 13.5. The number of nitrogens with one attached hydrogen (secondary N) is 1. The van der Waals surface area contributed by atoms with E-state index in [-0.39, 0.29) is 11.6 Å². The molecule has 1 aromatic rings. The average Bonchev–Trinajstić information content (AvgIpc) is 2.84. The van der Waals surface area contributed by atoms with Crippen molar-refractivity contribution < 1.29 is 13.6 Å². The summed E-state index contributed by atoms with van der Waals surface area (Å²) in [4.78, 5) is 13.4. The molecule has 0 radical (unpaired) electrons. The van der Waals surface area contributed by atoms with Gasteiger partial charge in [-0.25, -0.2) is 8.78 Å². The molecule has 98 valence electrons. The second-order valence-electron chi connectivity index (χ2n) is 4.58. The van der Waals surface area contributed by atoms with Gasteiger partial charge in [0.15, 0.2) is 11.6 Å². The van der Waals surface area contributed by atoms with Crippen LogP contribution in [0.25, 0.3) is 0 Å². The Labute approximate surface area is 105 Å². The molecule has 0 bridgehead atoms. The summed E-state index contributed by atoms with van der Waals surface area (Å²) in [6.45, 7) is 1.45. The van der Waals surface area contributed by atoms with Crippen LogP contribution in [0.5, 0.6) is 0 Å². The summed E-state index contributed by atoms with van der Waals surface area (Å²) in [5, 5.41) is 3.26. The Morgan fingerprint density at radius 2 is 2.28 bits per heavy atom. The fourth-order valence-corrected chi connectivity index (χ4v) is 2.20. The summed E-state index contributed by atoms with van der Waals surface area (Å²) < 4.78 is 26.5. The van der Waals surface area contributed by atoms with Crippen molar-refractivity contribution in [3.8, 4) is 0 Å². The third-order valence-corrected chi connectivity index (χ3v) is 3.19. The Kier molecular flexibility index (Phi) is 3.91. The highest BCUT2D eigenvalue weighted by atomic mass is 19.2. The number of hydrogen-bond donors (Lipinski definition) is 1. The molecule has 1 aromatic carbocycles. The standard InChI is InChI=1S/C13H16F2N2O/c1-17(8-9-4-3-7-16-9)13(18)10-5-2-6-11(14)12(10)15/h2,5-6,9,16H,3-4,7-8H2,1H3. The summed E-state index contributed by atoms with van der Waals surface area (Å²) in [5.41, 5.74) is -0.213. The van der Waals surface area contributed by atoms with Gasteiger partial charge in [-0.1, -0.05) is 6.07 Å². The van der Waals surface area contributed by atoms with Gasteiger partial charge >= 0.3 is 0 Å². The predicted octanol–water partition coefficient (Wildman–Crippen LogP) is 1.79. The van der Waals surface area contributed by atoms with Crippen molar-refractivity contribution in [2.24, 2.45) is 0 Å². The van der Waals surface area contributed by atoms with Gasteiger partial charge < -0.3 is 10.2 Å². The Hall–Kier alpha value is -1.49. The number of hydrogen-bond acceptors (Lipinski definition) is 2. The van der Waals surface area contributed by atoms with Gasteiger partial charge in [0.05, 0.1) is 5.56 Å². The number of likely N-dealkylation sites (N-methyl/N-ethyl adjacent to an activating group) is 1. The minimum atomic E-state index is -1.08. The highest BCUT2D eigenvalue weighted by molar-refractivity contribution is 5.94. The van der Waals surface area contributed by atoms with Crippen molar-refractivity contribution in [3.05, 3.63) is 35.4 Å². The lowest BCUT2D eigenvalue weighted by atomic mass is 10.1. The SMILES string of the molecule is CN(CC1CCCN1)C(=O)c1cccc(F)c1F. The van der Waals surface area contributed by atoms with E-state index in [9.17, 15) is 13.6 Å². The second-order valence-corrected chi connectivity index (χ2v) is 4.58. The van der Waals surface area contributed by atoms with Crippen LogP contribution in [0.4, 0.5) is 8.78 Å². The van der Waals surface area contributed by atoms with Crippen LogP contribution in [-0.2, 0) is 0 Å². The van der Waals surface area contributed by atoms with Crippen molar-refractivity contribution in [2.75, 3.05) is 20.1 Å². The smallest absolute Gasteiger partial charge is 0.256 e. The molecule has 1 heterocycles. The van der Waals surface area contributed by atoms with Crippen LogP contribution >= 0.6 is 0 Å². The Balaban J connectivity index is 2.07. The Morgan fingerprint density at radius 1 is 1.50 bits per heavy atom. The van der Waals surface area contributed by atoms with Crippen LogP contribution in [0.15, 0.2) is 18.2 Å². The van der Waals surface area contributed by atoms with Gasteiger partial charge in [-0.05, 0) is 31.5 Å². The third kappa shape index (κ3) is 2.67. The second kappa shape index (κ2) is 5.44. The fraction of sp³-hybridized carbons (Fsp3) is 0.462. The lowest BCUT2D eigenvalue weighted by Crippen LogP contribution is -2.39. The molecule has 2 rings (SSSR count). The van der Waals surface area contributed by atoms with Gasteiger partial charge in [0.2, 0.25) is 0 Å². The van der Waals surface area contributed by atoms with Crippen LogP contribution in [0.3, 0.4) is 0 Å². The lowest BCUT2D eigenvalue weighted by molar-refractivity contribution is 0.0778. The van der Waals surface area contributed by atoms with E-state index in [1.807, 2.05) is 0 Å². The largest absolute Gasteiger partial charge is 0.340 e. The molecule has 3 nitrogen and oxygen atoms in total. The summed E-state index contributed by atoms with van der Waals surface area (Å²) in [7, 11) is 1.60. The first-order valence-corrected chi connectivity index (χ1v) is 6.02. The molecule has 1 fully saturated rings. The van der Waals surface area contributed by atoms with Crippen LogP contribution in [0.2, 0.25) is 0 Å². The molecule has 0 spiro atoms. The molecule has 0 saturated carbocycles. The Bertz CT molecular complexity index is 445. The summed E-state index contributed by atoms with van der Waals surface area (Å²) >= 11 is 0. The highest BCUT2D eigenvalue weighted by Crippen LogP contribution is 2.14. The summed E-state index contributed by atoms with van der Waals surface area (Å²) in [6.07, 6.45) is 2.09. The Morgan fingerprint density at radius 3 is 2.94 bits per heavy atom. The van der Waals surface area contributed by atoms with Crippen LogP contribution in [-0.4, -0.2) is 37.0 Å². The van der Waals surface area contributed by atoms with E-state index in [1.165, 1.54) is 17.0 Å². The first-order valence-electron chi connectivity index (χ1n) is 6.02. The van der Waals surface area contributed by atoms with Crippen molar-refractivity contribution in [3.63, 3.8) is 0 Å². The number of carbonyl (C=O) groups is 1. The molecule has 1 atom stereocenters. The van der Waals surface area contributed by atoms with Gasteiger partial charge in [0.1, 0.15) is 0 Å². The van der Waals surface area contributed by atoms with Crippen molar-refractivity contribution in [2.45, 2.75) is 18.9 Å². The number of carbonyl (C=O) groups excluding carboxylic acids is 1. The van der Waals surface area contributed by atoms with E-state index < -0.39 is 17.5 Å². The molecular weight excluding hydrogens is 238 g/mol. The van der Waals surface area contributed by atoms with E-state index in [1.54, 1.807) is 7.05 Å². The maximum atomic E-state index is 13.5. The number of rotatable bonds is 3. The van der Waals surface area contributed by atoms with Gasteiger partial charge in [0, 0.05) is 19.6 Å². The monoisotopic (exact) mass is 254 g/mol. The average molecular weight is 254 g/mol. The fourth-order valence-electron chi connectivity index (χ4n) is 2.20. The van der Waals surface area contributed by atoms with E-state index in [0.717, 1.165) is 25.5 Å². The number of halogens is 2. The number of nitrogens with zero attached hydrogens (tertiary/aromatic N) is 1. The van der Waals surface area contributed by atoms with E-state index in [4.69, 9.17) is 0 Å². The summed E-state index contributed by atoms with van der Waals surface area (Å²) in [5.74, 6) is -2.55. The highest BCUT2D eigenvalue weighted by Gasteiger charge is 2.22. The zero-order valence-electron chi connectivity index (χ0n) is 10.2. The molecule has 1 amide bonds. The predicted molar refractivity (Wildman–Crippen MR) is 64.3 cm³/mol. The molecular formula is C13H16F2N2O. The molecule has 5 heteroatoms. The first-order chi connectivity index (χ1) is 8.59. The number of amides is 1. The van der Waals surface area contributed by atoms with Gasteiger partial charge in [-0.2, -0.15) is 0 Å². The summed E-state index contributed by atoms with van der Waals surface area (Å²) in [6, 6.07) is 3.90. The zero-order chi connectivity index (χ0) is 13.1. The normalized spacial score (nSPS) is 18.9. The van der Waals surface area contributed by atoms with Gasteiger partial charge in [-0.3, -0.25) is 4.79 Å². The molecule has 1 N–H and O–H groups in total. The minimum Gasteiger partial charge on any atom is -0.340 e. The lowest BCUT2D eigenvalue weighted by Gasteiger charge is -2.21. The van der Waals surface area contributed by atoms with Gasteiger partial charge in [-0.15, -0.1) is 0 Å². The number of benzene rings is 1. The molecule has 1 unspecified atom stereocenters. The van der Waals surface area contributed by atoms with Gasteiger partial charge in [0.25, 0.3) is 5.91 Å². The molecule has 1 aliphatic rings. The van der Waals surface area contributed by atoms with Crippen LogP contribution in [0.1, 0.15) is 23.2 Å². The van der Waals surface area contributed by atoms with E-state index in [2.05, 4.69) is 5.32 Å². The minimum absolute atomic E-state index is 0.213. The zero-order valence-corrected chi connectivity index (χ0v) is 10.2. The quantitative estimate of drug-likeness (QED) is 0.892. The molecule has 0 aromatic heterocycles. The van der Waals surface area contributed by atoms with Crippen molar-refractivity contribution in [1.82, 2.24) is 10.2 Å². The third-order valence-electron chi connectivity index (χ3n) is 3.19. The molecule has 0 aliphatic carbocycles. The topological polar surface area (TPSA) is 32.3 Å². The first kappa shape index (κ1) is 13.0. The van der Waals surface area contributed by atoms with Crippen LogP contribution in [0, 0.1) is 11.6 Å². The molecule has 1 saturated heterocycles. The maximum Gasteiger partial charge on any atom is 0.256 e. The van der Waals surface area contributed by atoms with E-state index in [0.29, 0.717) is 6.54 Å². The van der Waals surface area contributed by atoms with Crippen molar-refractivity contribution >= 4 is 5.91 Å². The van der Waals surface area contributed by atoms with Crippen molar-refractivity contribution in [1.29, 1.82) is 0 Å².